The van der Waals surface area contributed by atoms with E-state index in [0.29, 0.717) is 25.6 Å². The summed E-state index contributed by atoms with van der Waals surface area (Å²) in [5.41, 5.74) is 0. The monoisotopic (exact) mass is 476 g/mol. The fourth-order valence-corrected chi connectivity index (χ4v) is 3.79. The van der Waals surface area contributed by atoms with E-state index in [2.05, 4.69) is 22.6 Å². The highest BCUT2D eigenvalue weighted by Gasteiger charge is 2.14. The molecule has 0 aliphatic rings. The summed E-state index contributed by atoms with van der Waals surface area (Å²) in [5, 5.41) is 0.921. The maximum Gasteiger partial charge on any atom is 0.318 e. The van der Waals surface area contributed by atoms with Crippen LogP contribution in [-0.2, 0) is 14.3 Å². The Morgan fingerprint density at radius 1 is 1.20 bits per heavy atom. The van der Waals surface area contributed by atoms with Crippen LogP contribution >= 0.6 is 33.9 Å². The third-order valence-corrected chi connectivity index (χ3v) is 5.39. The lowest BCUT2D eigenvalue weighted by Crippen LogP contribution is -2.20. The minimum atomic E-state index is -0.192. The summed E-state index contributed by atoms with van der Waals surface area (Å²) in [5.74, 6) is 0.379. The fraction of sp³-hybridized carbons (Fsp3) is 0.444. The number of esters is 1. The molecule has 2 rings (SSSR count). The molecule has 1 aromatic carbocycles. The predicted octanol–water partition coefficient (Wildman–Crippen LogP) is 3.80. The molecule has 0 saturated heterocycles. The van der Waals surface area contributed by atoms with Gasteiger partial charge in [-0.25, -0.2) is 0 Å². The lowest BCUT2D eigenvalue weighted by molar-refractivity contribution is -0.144. The van der Waals surface area contributed by atoms with Gasteiger partial charge in [0.15, 0.2) is 0 Å². The van der Waals surface area contributed by atoms with Crippen molar-refractivity contribution in [2.75, 3.05) is 26.4 Å². The molecule has 0 N–H and O–H groups in total. The molecule has 25 heavy (non-hydrogen) atoms. The van der Waals surface area contributed by atoms with Gasteiger partial charge in [-0.2, -0.15) is 0 Å². The van der Waals surface area contributed by atoms with Crippen molar-refractivity contribution in [2.45, 2.75) is 23.7 Å². The summed E-state index contributed by atoms with van der Waals surface area (Å²) >= 11 is 3.30. The number of fused-ring (bicyclic) bond motifs is 1. The van der Waals surface area contributed by atoms with Gasteiger partial charge in [-0.15, -0.1) is 0 Å². The first-order valence-corrected chi connectivity index (χ1v) is 10.2. The van der Waals surface area contributed by atoms with E-state index < -0.39 is 0 Å². The Hall–Kier alpha value is -1.19. The molecule has 0 fully saturated rings. The number of ether oxygens (including phenoxy) is 3. The predicted molar refractivity (Wildman–Crippen MR) is 108 cm³/mol. The van der Waals surface area contributed by atoms with E-state index in [-0.39, 0.29) is 21.2 Å². The molecule has 7 heteroatoms. The van der Waals surface area contributed by atoms with Crippen LogP contribution in [0.3, 0.4) is 0 Å². The van der Waals surface area contributed by atoms with Gasteiger partial charge in [0.05, 0.1) is 13.2 Å². The molecule has 1 aromatic heterocycles. The van der Waals surface area contributed by atoms with E-state index in [1.165, 1.54) is 17.4 Å². The van der Waals surface area contributed by atoms with Gasteiger partial charge in [-0.05, 0) is 18.6 Å². The van der Waals surface area contributed by atoms with Crippen molar-refractivity contribution in [1.29, 1.82) is 0 Å². The number of hydrogen-bond donors (Lipinski definition) is 0. The Bertz CT molecular complexity index is 746. The van der Waals surface area contributed by atoms with Gasteiger partial charge < -0.3 is 14.2 Å². The molecule has 1 atom stereocenters. The van der Waals surface area contributed by atoms with Crippen molar-refractivity contribution in [2.24, 2.45) is 0 Å². The van der Waals surface area contributed by atoms with Crippen LogP contribution in [0.15, 0.2) is 35.1 Å². The molecule has 0 bridgehead atoms. The third kappa shape index (κ3) is 6.56. The standard InChI is InChI=1S/C18H21IO5S/c1-2-5-14(19)18(21)24-11-9-22-8-10-23-15-12-17(20)25-16-7-4-3-6-13(15)16/h3-4,6-7,12,14H,2,5,8-11H2,1H3. The summed E-state index contributed by atoms with van der Waals surface area (Å²) in [7, 11) is 0. The number of hydrogen-bond acceptors (Lipinski definition) is 6. The van der Waals surface area contributed by atoms with E-state index in [4.69, 9.17) is 14.2 Å². The second-order valence-electron chi connectivity index (χ2n) is 5.31. The highest BCUT2D eigenvalue weighted by molar-refractivity contribution is 14.1. The topological polar surface area (TPSA) is 61.8 Å². The quantitative estimate of drug-likeness (QED) is 0.226. The van der Waals surface area contributed by atoms with Gasteiger partial charge in [-0.3, -0.25) is 9.59 Å². The summed E-state index contributed by atoms with van der Waals surface area (Å²) in [6.45, 7) is 3.30. The van der Waals surface area contributed by atoms with Crippen LogP contribution < -0.4 is 9.48 Å². The minimum Gasteiger partial charge on any atom is -0.490 e. The van der Waals surface area contributed by atoms with E-state index in [9.17, 15) is 9.59 Å². The average molecular weight is 476 g/mol. The fourth-order valence-electron chi connectivity index (χ4n) is 2.18. The van der Waals surface area contributed by atoms with Crippen LogP contribution in [0.1, 0.15) is 19.8 Å². The minimum absolute atomic E-state index is 0.0398. The Morgan fingerprint density at radius 3 is 2.76 bits per heavy atom. The number of halogens is 1. The largest absolute Gasteiger partial charge is 0.490 e. The van der Waals surface area contributed by atoms with E-state index >= 15 is 0 Å². The molecule has 1 unspecified atom stereocenters. The molecule has 0 amide bonds. The van der Waals surface area contributed by atoms with Gasteiger partial charge in [0.25, 0.3) is 0 Å². The maximum absolute atomic E-state index is 11.7. The van der Waals surface area contributed by atoms with Gasteiger partial charge >= 0.3 is 5.97 Å². The third-order valence-electron chi connectivity index (χ3n) is 3.37. The number of alkyl halides is 1. The zero-order valence-corrected chi connectivity index (χ0v) is 17.0. The first kappa shape index (κ1) is 20.1. The van der Waals surface area contributed by atoms with Gasteiger partial charge in [0, 0.05) is 16.2 Å². The van der Waals surface area contributed by atoms with Crippen molar-refractivity contribution in [3.05, 3.63) is 39.9 Å². The number of rotatable bonds is 10. The van der Waals surface area contributed by atoms with Gasteiger partial charge in [-0.1, -0.05) is 59.4 Å². The average Bonchev–Trinajstić information content (AvgIpc) is 2.60. The second-order valence-corrected chi connectivity index (χ2v) is 7.86. The maximum atomic E-state index is 11.7. The first-order chi connectivity index (χ1) is 12.1. The van der Waals surface area contributed by atoms with Crippen LogP contribution in [0.4, 0.5) is 0 Å². The molecule has 1 heterocycles. The zero-order valence-electron chi connectivity index (χ0n) is 14.0. The molecule has 0 aliphatic heterocycles. The lowest BCUT2D eigenvalue weighted by atomic mass is 10.2. The molecule has 0 aliphatic carbocycles. The Kier molecular flexibility index (Phi) is 8.63. The van der Waals surface area contributed by atoms with Crippen LogP contribution in [0.2, 0.25) is 0 Å². The molecule has 0 saturated carbocycles. The van der Waals surface area contributed by atoms with Crippen LogP contribution in [0, 0.1) is 0 Å². The zero-order chi connectivity index (χ0) is 18.1. The second kappa shape index (κ2) is 10.7. The van der Waals surface area contributed by atoms with Crippen molar-refractivity contribution in [3.8, 4) is 5.75 Å². The highest BCUT2D eigenvalue weighted by Crippen LogP contribution is 2.25. The lowest BCUT2D eigenvalue weighted by Gasteiger charge is -2.10. The van der Waals surface area contributed by atoms with Crippen LogP contribution in [0.25, 0.3) is 10.1 Å². The highest BCUT2D eigenvalue weighted by atomic mass is 127. The molecule has 136 valence electrons. The molecule has 2 aromatic rings. The summed E-state index contributed by atoms with van der Waals surface area (Å²) in [6.07, 6.45) is 1.78. The van der Waals surface area contributed by atoms with Gasteiger partial charge in [0.2, 0.25) is 4.74 Å². The van der Waals surface area contributed by atoms with Crippen molar-refractivity contribution in [3.63, 3.8) is 0 Å². The molecule has 5 nitrogen and oxygen atoms in total. The van der Waals surface area contributed by atoms with E-state index in [1.807, 2.05) is 31.2 Å². The smallest absolute Gasteiger partial charge is 0.318 e. The molecular weight excluding hydrogens is 455 g/mol. The summed E-state index contributed by atoms with van der Waals surface area (Å²) < 4.78 is 17.0. The number of benzene rings is 1. The summed E-state index contributed by atoms with van der Waals surface area (Å²) in [4.78, 5) is 23.3. The molecule has 0 radical (unpaired) electrons. The molecular formula is C18H21IO5S. The summed E-state index contributed by atoms with van der Waals surface area (Å²) in [6, 6.07) is 9.14. The normalized spacial score (nSPS) is 12.1. The Balaban J connectivity index is 1.69. The number of carbonyl (C=O) groups is 1. The molecule has 0 spiro atoms. The SMILES string of the molecule is CCCC(I)C(=O)OCCOCCOc1cc(=O)sc2ccccc12. The van der Waals surface area contributed by atoms with Crippen molar-refractivity contribution in [1.82, 2.24) is 0 Å². The number of carbonyl (C=O) groups excluding carboxylic acids is 1. The van der Waals surface area contributed by atoms with Crippen LogP contribution in [-0.4, -0.2) is 36.3 Å². The Morgan fingerprint density at radius 2 is 1.96 bits per heavy atom. The Labute approximate surface area is 164 Å². The van der Waals surface area contributed by atoms with Gasteiger partial charge in [0.1, 0.15) is 22.9 Å². The van der Waals surface area contributed by atoms with Crippen molar-refractivity contribution >= 4 is 50.0 Å². The first-order valence-electron chi connectivity index (χ1n) is 8.16. The van der Waals surface area contributed by atoms with E-state index in [1.54, 1.807) is 0 Å². The van der Waals surface area contributed by atoms with E-state index in [0.717, 1.165) is 22.9 Å². The van der Waals surface area contributed by atoms with Crippen molar-refractivity contribution < 1.29 is 19.0 Å². The van der Waals surface area contributed by atoms with Crippen LogP contribution in [0.5, 0.6) is 5.75 Å².